The Morgan fingerprint density at radius 1 is 1.15 bits per heavy atom. The molecule has 1 aliphatic carbocycles. The molecule has 1 saturated carbocycles. The Labute approximate surface area is 194 Å². The lowest BCUT2D eigenvalue weighted by molar-refractivity contribution is 0.133. The normalized spacial score (nSPS) is 19.3. The summed E-state index contributed by atoms with van der Waals surface area (Å²) in [5, 5.41) is 4.43. The molecule has 8 heteroatoms. The Balaban J connectivity index is 1.50. The van der Waals surface area contributed by atoms with Gasteiger partial charge in [-0.15, -0.1) is 0 Å². The Morgan fingerprint density at radius 3 is 2.79 bits per heavy atom. The number of anilines is 2. The van der Waals surface area contributed by atoms with E-state index >= 15 is 0 Å². The molecule has 0 radical (unpaired) electrons. The van der Waals surface area contributed by atoms with Gasteiger partial charge in [-0.1, -0.05) is 12.8 Å². The molecule has 0 spiro atoms. The van der Waals surface area contributed by atoms with E-state index < -0.39 is 0 Å². The molecule has 1 unspecified atom stereocenters. The van der Waals surface area contributed by atoms with E-state index in [2.05, 4.69) is 26.3 Å². The fraction of sp³-hybridized carbons (Fsp3) is 0.520. The number of ether oxygens (including phenoxy) is 1. The topological polar surface area (TPSA) is 85.2 Å². The zero-order chi connectivity index (χ0) is 22.6. The Morgan fingerprint density at radius 2 is 2.00 bits per heavy atom. The van der Waals surface area contributed by atoms with Crippen molar-refractivity contribution in [3.8, 4) is 0 Å². The highest BCUT2D eigenvalue weighted by atomic mass is 16.5. The fourth-order valence-corrected chi connectivity index (χ4v) is 5.13. The number of rotatable bonds is 7. The van der Waals surface area contributed by atoms with Crippen molar-refractivity contribution < 1.29 is 4.74 Å². The summed E-state index contributed by atoms with van der Waals surface area (Å²) in [7, 11) is 0. The van der Waals surface area contributed by atoms with E-state index in [1.807, 2.05) is 36.0 Å². The maximum atomic E-state index is 13.4. The molecule has 5 rings (SSSR count). The third-order valence-corrected chi connectivity index (χ3v) is 6.77. The molecule has 4 heterocycles. The Kier molecular flexibility index (Phi) is 6.53. The highest BCUT2D eigenvalue weighted by Crippen LogP contribution is 2.31. The molecule has 1 aliphatic heterocycles. The Bertz CT molecular complexity index is 1140. The van der Waals surface area contributed by atoms with E-state index in [0.717, 1.165) is 62.6 Å². The van der Waals surface area contributed by atoms with Gasteiger partial charge >= 0.3 is 0 Å². The molecule has 2 fully saturated rings. The van der Waals surface area contributed by atoms with Crippen LogP contribution in [0.5, 0.6) is 0 Å². The van der Waals surface area contributed by atoms with Crippen molar-refractivity contribution in [2.24, 2.45) is 0 Å². The van der Waals surface area contributed by atoms with Crippen LogP contribution in [0, 0.1) is 0 Å². The van der Waals surface area contributed by atoms with Gasteiger partial charge in [-0.3, -0.25) is 14.3 Å². The molecule has 1 atom stereocenters. The number of nitrogens with zero attached hydrogens (tertiary/aromatic N) is 5. The van der Waals surface area contributed by atoms with E-state index in [9.17, 15) is 4.79 Å². The highest BCUT2D eigenvalue weighted by molar-refractivity contribution is 5.76. The molecule has 1 saturated heterocycles. The molecule has 33 heavy (non-hydrogen) atoms. The summed E-state index contributed by atoms with van der Waals surface area (Å²) in [5.74, 6) is 0.562. The van der Waals surface area contributed by atoms with Crippen LogP contribution in [0.15, 0.2) is 41.6 Å². The van der Waals surface area contributed by atoms with Gasteiger partial charge in [-0.25, -0.2) is 4.98 Å². The Hall–Kier alpha value is -3.00. The summed E-state index contributed by atoms with van der Waals surface area (Å²) in [6.07, 6.45) is 13.2. The molecule has 2 aliphatic rings. The number of aromatic nitrogens is 4. The molecule has 3 aromatic rings. The number of hydrogen-bond acceptors (Lipinski definition) is 7. The lowest BCUT2D eigenvalue weighted by Gasteiger charge is -2.37. The lowest BCUT2D eigenvalue weighted by Crippen LogP contribution is -2.45. The zero-order valence-electron chi connectivity index (χ0n) is 19.2. The average Bonchev–Trinajstić information content (AvgIpc) is 3.38. The molecule has 0 bridgehead atoms. The molecule has 3 aromatic heterocycles. The van der Waals surface area contributed by atoms with Gasteiger partial charge in [0.15, 0.2) is 0 Å². The predicted molar refractivity (Wildman–Crippen MR) is 129 cm³/mol. The quantitative estimate of drug-likeness (QED) is 0.578. The molecule has 8 nitrogen and oxygen atoms in total. The first-order valence-corrected chi connectivity index (χ1v) is 12.2. The van der Waals surface area contributed by atoms with Gasteiger partial charge in [-0.2, -0.15) is 4.98 Å². The van der Waals surface area contributed by atoms with E-state index in [0.29, 0.717) is 30.4 Å². The molecule has 0 aromatic carbocycles. The largest absolute Gasteiger partial charge is 0.377 e. The van der Waals surface area contributed by atoms with Gasteiger partial charge in [0.05, 0.1) is 18.5 Å². The second-order valence-corrected chi connectivity index (χ2v) is 8.95. The van der Waals surface area contributed by atoms with Crippen molar-refractivity contribution in [3.63, 3.8) is 0 Å². The summed E-state index contributed by atoms with van der Waals surface area (Å²) in [6, 6.07) is 6.14. The molecule has 0 amide bonds. The van der Waals surface area contributed by atoms with Gasteiger partial charge < -0.3 is 15.0 Å². The van der Waals surface area contributed by atoms with Gasteiger partial charge in [0.1, 0.15) is 11.8 Å². The zero-order valence-corrected chi connectivity index (χ0v) is 19.2. The van der Waals surface area contributed by atoms with Crippen LogP contribution in [-0.4, -0.2) is 38.8 Å². The number of fused-ring (bicyclic) bond motifs is 1. The summed E-state index contributed by atoms with van der Waals surface area (Å²) < 4.78 is 7.47. The number of piperidine rings is 1. The molecular weight excluding hydrogens is 416 g/mol. The average molecular weight is 449 g/mol. The van der Waals surface area contributed by atoms with Crippen molar-refractivity contribution in [2.75, 3.05) is 23.4 Å². The van der Waals surface area contributed by atoms with E-state index in [4.69, 9.17) is 9.72 Å². The molecule has 1 N–H and O–H groups in total. The maximum absolute atomic E-state index is 13.4. The maximum Gasteiger partial charge on any atom is 0.258 e. The van der Waals surface area contributed by atoms with Crippen LogP contribution >= 0.6 is 0 Å². The second-order valence-electron chi connectivity index (χ2n) is 8.95. The smallest absolute Gasteiger partial charge is 0.258 e. The summed E-state index contributed by atoms with van der Waals surface area (Å²) >= 11 is 0. The van der Waals surface area contributed by atoms with E-state index in [-0.39, 0.29) is 17.8 Å². The summed E-state index contributed by atoms with van der Waals surface area (Å²) in [4.78, 5) is 29.5. The first-order chi connectivity index (χ1) is 16.2. The minimum atomic E-state index is 0.0159. The van der Waals surface area contributed by atoms with Crippen LogP contribution in [-0.2, 0) is 11.3 Å². The first kappa shape index (κ1) is 21.8. The van der Waals surface area contributed by atoms with Crippen molar-refractivity contribution >= 4 is 22.7 Å². The van der Waals surface area contributed by atoms with Crippen LogP contribution in [0.3, 0.4) is 0 Å². The van der Waals surface area contributed by atoms with Crippen LogP contribution in [0.4, 0.5) is 11.6 Å². The van der Waals surface area contributed by atoms with E-state index in [1.165, 1.54) is 0 Å². The van der Waals surface area contributed by atoms with Gasteiger partial charge in [0, 0.05) is 42.5 Å². The first-order valence-electron chi connectivity index (χ1n) is 12.2. The van der Waals surface area contributed by atoms with Crippen molar-refractivity contribution in [1.29, 1.82) is 0 Å². The standard InChI is InChI=1S/C25H32N6O2/c1-2-33-17-19-14-18-15-27-25(29-23(18)31(24(19)32)20-8-3-4-9-20)28-22-11-5-6-13-30(22)21-10-7-12-26-16-21/h7,10,12,14-16,20,22H,2-6,8-9,11,13,17H2,1H3,(H,27,28,29). The summed E-state index contributed by atoms with van der Waals surface area (Å²) in [5.41, 5.74) is 2.50. The SMILES string of the molecule is CCOCc1cc2cnc(NC3CCCCN3c3cccnc3)nc2n(C2CCCC2)c1=O. The second kappa shape index (κ2) is 9.87. The lowest BCUT2D eigenvalue weighted by atomic mass is 10.1. The highest BCUT2D eigenvalue weighted by Gasteiger charge is 2.25. The van der Waals surface area contributed by atoms with Gasteiger partial charge in [0.25, 0.3) is 5.56 Å². The molecule has 174 valence electrons. The van der Waals surface area contributed by atoms with Crippen molar-refractivity contribution in [2.45, 2.75) is 70.7 Å². The third kappa shape index (κ3) is 4.57. The number of pyridine rings is 2. The number of hydrogen-bond donors (Lipinski definition) is 1. The predicted octanol–water partition coefficient (Wildman–Crippen LogP) is 4.27. The van der Waals surface area contributed by atoms with E-state index in [1.54, 1.807) is 6.20 Å². The minimum absolute atomic E-state index is 0.0159. The van der Waals surface area contributed by atoms with Crippen LogP contribution in [0.2, 0.25) is 0 Å². The monoisotopic (exact) mass is 448 g/mol. The number of nitrogens with one attached hydrogen (secondary N) is 1. The van der Waals surface area contributed by atoms with Crippen LogP contribution in [0.1, 0.15) is 63.5 Å². The molecular formula is C25H32N6O2. The fourth-order valence-electron chi connectivity index (χ4n) is 5.13. The minimum Gasteiger partial charge on any atom is -0.377 e. The van der Waals surface area contributed by atoms with Crippen molar-refractivity contribution in [1.82, 2.24) is 19.5 Å². The van der Waals surface area contributed by atoms with Crippen molar-refractivity contribution in [3.05, 3.63) is 52.7 Å². The summed E-state index contributed by atoms with van der Waals surface area (Å²) in [6.45, 7) is 3.80. The van der Waals surface area contributed by atoms with Gasteiger partial charge in [-0.05, 0) is 57.2 Å². The third-order valence-electron chi connectivity index (χ3n) is 6.77. The van der Waals surface area contributed by atoms with Gasteiger partial charge in [0.2, 0.25) is 5.95 Å². The van der Waals surface area contributed by atoms with Crippen LogP contribution in [0.25, 0.3) is 11.0 Å². The van der Waals surface area contributed by atoms with Crippen LogP contribution < -0.4 is 15.8 Å².